The number of carboxylic acid groups (broad SMARTS) is 4. The molecule has 2 aromatic heterocycles. The van der Waals surface area contributed by atoms with E-state index in [1.807, 2.05) is 5.32 Å². The summed E-state index contributed by atoms with van der Waals surface area (Å²) >= 11 is 0.646. The molecule has 0 radical (unpaired) electrons. The number of nitrogen functional groups attached to an aromatic ring is 2. The number of guanidine groups is 1. The summed E-state index contributed by atoms with van der Waals surface area (Å²) in [7, 11) is 2.87. The molecule has 0 spiro atoms. The number of benzene rings is 3. The first-order valence-corrected chi connectivity index (χ1v) is 47.8. The monoisotopic (exact) mass is 2040 g/mol. The molecule has 0 saturated carbocycles. The molecule has 5 aliphatic rings. The van der Waals surface area contributed by atoms with Gasteiger partial charge in [0.1, 0.15) is 48.3 Å². The number of aromatic nitrogens is 4. The number of likely N-dealkylation sites (tertiary alicyclic amines) is 2. The highest BCUT2D eigenvalue weighted by atomic mass is 32.2. The number of nitrogens with two attached hydrogens (primary N) is 3. The SMILES string of the molecule is C=C1C[C@H]2C(=O)Nc3cc(OCCCCCOc4cc(N)c(C(=O)N5CC(=C)C[C@H]5C5OCCN5C(=O)[C@H](C)NC(=O)[C@@H](NC(=O)CCCCCN5C(=O)CC(SC[C@H](NC(=O)[C@H](CC(=O)O)NC(=O)[C@H](CC(=O)O)NC(=O)[C@H](CCCNC(=N)N)NC(=O)[C@H](CC(=O)O)NC(=O)CC[C@@H](C)NC(=O)c6ccc(NCc7cnc8nc(N)[nH]c(=O)c8n7)cc6)C(=O)O)C5=O)C(C)C)cc4OC)c(OC)cc3C(=O)N2C1. The Morgan fingerprint density at radius 2 is 1.24 bits per heavy atom. The molecular formula is C93H121N23O28S. The van der Waals surface area contributed by atoms with Crippen LogP contribution in [0.1, 0.15) is 174 Å². The van der Waals surface area contributed by atoms with Gasteiger partial charge in [0.25, 0.3) is 23.3 Å². The maximum atomic E-state index is 14.6. The number of imide groups is 1. The molecule has 51 nitrogen and oxygen atoms in total. The van der Waals surface area contributed by atoms with E-state index in [0.29, 0.717) is 71.6 Å². The molecule has 3 aromatic carbocycles. The summed E-state index contributed by atoms with van der Waals surface area (Å²) in [5.41, 5.74) is 20.4. The molecule has 145 heavy (non-hydrogen) atoms. The van der Waals surface area contributed by atoms with Gasteiger partial charge in [-0.15, -0.1) is 11.8 Å². The minimum absolute atomic E-state index is 0.0202. The second-order valence-corrected chi connectivity index (χ2v) is 36.8. The second kappa shape index (κ2) is 51.8. The molecule has 23 N–H and O–H groups in total. The molecule has 5 aliphatic heterocycles. The number of hydrogen-bond donors (Lipinski definition) is 20. The summed E-state index contributed by atoms with van der Waals surface area (Å²) in [6, 6.07) is -2.13. The van der Waals surface area contributed by atoms with E-state index in [9.17, 15) is 112 Å². The summed E-state index contributed by atoms with van der Waals surface area (Å²) in [5, 5.41) is 73.5. The van der Waals surface area contributed by atoms with Crippen molar-refractivity contribution in [2.75, 3.05) is 94.6 Å². The van der Waals surface area contributed by atoms with Crippen molar-refractivity contribution in [3.63, 3.8) is 0 Å². The van der Waals surface area contributed by atoms with Gasteiger partial charge in [-0.3, -0.25) is 102 Å². The van der Waals surface area contributed by atoms with Crippen LogP contribution in [0, 0.1) is 11.3 Å². The number of aliphatic carboxylic acids is 4. The smallest absolute Gasteiger partial charge is 0.327 e. The summed E-state index contributed by atoms with van der Waals surface area (Å²) in [4.78, 5) is 274. The largest absolute Gasteiger partial charge is 0.493 e. The first-order chi connectivity index (χ1) is 68.9. The Balaban J connectivity index is 0.640. The van der Waals surface area contributed by atoms with Crippen molar-refractivity contribution >= 4 is 158 Å². The number of ether oxygens (including phenoxy) is 5. The Hall–Kier alpha value is -15.8. The average Bonchev–Trinajstić information content (AvgIpc) is 1.63. The van der Waals surface area contributed by atoms with Crippen molar-refractivity contribution < 1.29 is 130 Å². The number of unbranched alkanes of at least 4 members (excludes halogenated alkanes) is 4. The van der Waals surface area contributed by atoms with Crippen molar-refractivity contribution in [3.05, 3.63) is 112 Å². The topological polar surface area (TPSA) is 753 Å². The number of carbonyl (C=O) groups excluding carboxylic acids is 14. The summed E-state index contributed by atoms with van der Waals surface area (Å²) in [6.45, 7) is 15.5. The normalized spacial score (nSPS) is 17.5. The third kappa shape index (κ3) is 30.9. The first kappa shape index (κ1) is 111. The van der Waals surface area contributed by atoms with Gasteiger partial charge < -0.3 is 134 Å². The van der Waals surface area contributed by atoms with E-state index < -0.39 is 228 Å². The molecule has 7 heterocycles. The zero-order valence-corrected chi connectivity index (χ0v) is 81.4. The van der Waals surface area contributed by atoms with Crippen molar-refractivity contribution in [3.8, 4) is 23.0 Å². The fourth-order valence-corrected chi connectivity index (χ4v) is 17.7. The van der Waals surface area contributed by atoms with Crippen LogP contribution in [0.3, 0.4) is 0 Å². The van der Waals surface area contributed by atoms with Crippen LogP contribution in [0.25, 0.3) is 11.2 Å². The number of thioether (sulfide) groups is 1. The minimum Gasteiger partial charge on any atom is -0.493 e. The Labute approximate surface area is 834 Å². The second-order valence-electron chi connectivity index (χ2n) is 35.6. The maximum Gasteiger partial charge on any atom is 0.327 e. The molecule has 4 fully saturated rings. The molecule has 0 aliphatic carbocycles. The number of carbonyl (C=O) groups is 18. The highest BCUT2D eigenvalue weighted by molar-refractivity contribution is 8.00. The van der Waals surface area contributed by atoms with E-state index in [-0.39, 0.29) is 167 Å². The number of methoxy groups -OCH3 is 2. The van der Waals surface area contributed by atoms with Crippen molar-refractivity contribution in [1.29, 1.82) is 5.41 Å². The van der Waals surface area contributed by atoms with Crippen LogP contribution in [0.4, 0.5) is 23.0 Å². The van der Waals surface area contributed by atoms with Crippen LogP contribution in [0.2, 0.25) is 0 Å². The van der Waals surface area contributed by atoms with Gasteiger partial charge >= 0.3 is 23.9 Å². The van der Waals surface area contributed by atoms with Crippen LogP contribution >= 0.6 is 11.8 Å². The van der Waals surface area contributed by atoms with Crippen LogP contribution in [-0.4, -0.2) is 317 Å². The number of anilines is 4. The Kier molecular flexibility index (Phi) is 39.7. The summed E-state index contributed by atoms with van der Waals surface area (Å²) in [6.07, 6.45) is -1.55. The number of nitrogens with zero attached hydrogens (tertiary/aromatic N) is 7. The van der Waals surface area contributed by atoms with E-state index in [2.05, 4.69) is 86.3 Å². The minimum atomic E-state index is -2.21. The molecule has 14 amide bonds. The number of aromatic amines is 1. The van der Waals surface area contributed by atoms with Crippen LogP contribution in [0.15, 0.2) is 83.8 Å². The number of amides is 14. The molecular weight excluding hydrogens is 1920 g/mol. The van der Waals surface area contributed by atoms with Gasteiger partial charge in [0, 0.05) is 92.9 Å². The quantitative estimate of drug-likeness (QED) is 0.00592. The molecule has 4 saturated heterocycles. The Bertz CT molecular complexity index is 5850. The zero-order valence-electron chi connectivity index (χ0n) is 80.6. The average molecular weight is 2040 g/mol. The molecule has 0 bridgehead atoms. The van der Waals surface area contributed by atoms with Gasteiger partial charge in [-0.25, -0.2) is 14.8 Å². The predicted octanol–water partition coefficient (Wildman–Crippen LogP) is -0.325. The lowest BCUT2D eigenvalue weighted by Gasteiger charge is -2.35. The van der Waals surface area contributed by atoms with Crippen LogP contribution < -0.4 is 100 Å². The molecule has 52 heteroatoms. The fraction of sp³-hybridized carbons (Fsp3) is 0.495. The van der Waals surface area contributed by atoms with E-state index in [1.54, 1.807) is 45.0 Å². The molecule has 12 atom stereocenters. The third-order valence-electron chi connectivity index (χ3n) is 24.1. The number of carboxylic acids is 4. The number of nitrogens with one attached hydrogen (secondary N) is 13. The van der Waals surface area contributed by atoms with Gasteiger partial charge in [-0.05, 0) is 120 Å². The highest BCUT2D eigenvalue weighted by Crippen LogP contribution is 2.40. The van der Waals surface area contributed by atoms with E-state index in [1.165, 1.54) is 66.3 Å². The number of H-pyrrole nitrogens is 1. The van der Waals surface area contributed by atoms with Gasteiger partial charge in [0.15, 0.2) is 46.3 Å². The van der Waals surface area contributed by atoms with Gasteiger partial charge in [-0.2, -0.15) is 4.98 Å². The summed E-state index contributed by atoms with van der Waals surface area (Å²) < 4.78 is 29.6. The van der Waals surface area contributed by atoms with Gasteiger partial charge in [-0.1, -0.05) is 44.6 Å². The highest BCUT2D eigenvalue weighted by Gasteiger charge is 2.48. The van der Waals surface area contributed by atoms with Crippen molar-refractivity contribution in [2.24, 2.45) is 11.7 Å². The van der Waals surface area contributed by atoms with Gasteiger partial charge in [0.2, 0.25) is 70.9 Å². The van der Waals surface area contributed by atoms with Crippen molar-refractivity contribution in [2.45, 2.75) is 215 Å². The third-order valence-corrected chi connectivity index (χ3v) is 25.4. The summed E-state index contributed by atoms with van der Waals surface area (Å²) in [5.74, 6) is -18.7. The molecule has 2 unspecified atom stereocenters. The fourth-order valence-electron chi connectivity index (χ4n) is 16.6. The number of hydrogen-bond acceptors (Lipinski definition) is 32. The van der Waals surface area contributed by atoms with Crippen LogP contribution in [-0.2, 0) is 83.2 Å². The predicted molar refractivity (Wildman–Crippen MR) is 518 cm³/mol. The van der Waals surface area contributed by atoms with Crippen molar-refractivity contribution in [1.82, 2.24) is 87.4 Å². The first-order valence-electron chi connectivity index (χ1n) is 46.7. The van der Waals surface area contributed by atoms with Gasteiger partial charge in [0.05, 0.1) is 99.8 Å². The van der Waals surface area contributed by atoms with E-state index in [4.69, 9.17) is 46.3 Å². The Morgan fingerprint density at radius 3 is 1.87 bits per heavy atom. The van der Waals surface area contributed by atoms with Crippen LogP contribution in [0.5, 0.6) is 23.0 Å². The zero-order chi connectivity index (χ0) is 106. The molecule has 5 aromatic rings. The lowest BCUT2D eigenvalue weighted by Crippen LogP contribution is -2.59. The lowest BCUT2D eigenvalue weighted by molar-refractivity contribution is -0.144. The standard InChI is InChI=1S/C93H121N23O28S/c1-45(2)75(84(132)102-49(6)86(134)114-26-29-144-90(114)63-31-47(4)43-116(63)87(135)53-32-64(140-7)66(34-55(53)94)142-27-13-10-14-28-143-67-35-57-54(33-65(67)141-8)88(136)115-42-46(3)30-62(115)83(131)106-57)110-69(117)17-11-9-12-25-113-71(119)39-68(89(113)137)145-44-61(91(138)139)109-82(130)60(38-74(124)125)108-81(129)59(37-73(122)123)107-79(127)56(16-15-24-98-92(95)96)105-80(128)58(36-72(120)121)104-70(118)23-18-48(5)101-78(126)50-19-21-51(22-20-50)99-40-52-41-100-77-76(103-52)85(133)112-93(97)111-77/h19-22,32-35,41,45,48-49,56,58-63,68,75,90,99H,3-4,9-18,23-31,36-40,42-44,94H2,1-2,5-8H3,(H,101,126)(H,102,132)(H,104,118)(H,105,128)(H,106,131)(H,107,127)(H,108,129)(H,109,130)(H,110,117)(H,120,121)(H,122,123)(H,124,125)(H,138,139)(H4,95,96,98)(H3,97,100,111,112,133)/t48-,49+,56+,58+,59+,60+,61+,62+,63+,68?,75+,90?/m1/s1. The molecule has 782 valence electrons. The Morgan fingerprint density at radius 1 is 0.641 bits per heavy atom. The van der Waals surface area contributed by atoms with E-state index >= 15 is 0 Å². The van der Waals surface area contributed by atoms with E-state index in [0.717, 1.165) is 10.5 Å². The number of fused-ring (bicyclic) bond motifs is 3. The lowest BCUT2D eigenvalue weighted by atomic mass is 10.0. The maximum absolute atomic E-state index is 14.6. The number of rotatable bonds is 54. The molecule has 10 rings (SSSR count).